The highest BCUT2D eigenvalue weighted by Crippen LogP contribution is 2.25. The number of nitrogens with zero attached hydrogens (tertiary/aromatic N) is 3. The van der Waals surface area contributed by atoms with Crippen molar-refractivity contribution in [3.05, 3.63) is 49.7 Å². The van der Waals surface area contributed by atoms with Gasteiger partial charge in [-0.15, -0.1) is 0 Å². The number of nitro groups is 1. The molecule has 10 heteroatoms. The van der Waals surface area contributed by atoms with Crippen molar-refractivity contribution in [2.45, 2.75) is 32.1 Å². The van der Waals surface area contributed by atoms with Gasteiger partial charge in [0.05, 0.1) is 6.61 Å². The molecule has 0 spiro atoms. The molecular formula is C16H16IN3O6. The second-order valence-corrected chi connectivity index (χ2v) is 6.91. The van der Waals surface area contributed by atoms with E-state index in [4.69, 9.17) is 14.2 Å². The monoisotopic (exact) mass is 473 g/mol. The summed E-state index contributed by atoms with van der Waals surface area (Å²) >= 11 is 2.20. The lowest BCUT2D eigenvalue weighted by Crippen LogP contribution is -2.27. The van der Waals surface area contributed by atoms with Gasteiger partial charge in [-0.1, -0.05) is 12.1 Å². The lowest BCUT2D eigenvalue weighted by molar-refractivity contribution is -0.389. The van der Waals surface area contributed by atoms with Crippen LogP contribution in [0.3, 0.4) is 0 Å². The third-order valence-electron chi connectivity index (χ3n) is 3.81. The number of ether oxygens (including phenoxy) is 3. The molecule has 26 heavy (non-hydrogen) atoms. The zero-order chi connectivity index (χ0) is 18.5. The predicted molar refractivity (Wildman–Crippen MR) is 97.8 cm³/mol. The Morgan fingerprint density at radius 2 is 2.15 bits per heavy atom. The van der Waals surface area contributed by atoms with Crippen molar-refractivity contribution in [1.29, 1.82) is 0 Å². The molecule has 9 nitrogen and oxygen atoms in total. The van der Waals surface area contributed by atoms with Gasteiger partial charge < -0.3 is 24.3 Å². The maximum absolute atomic E-state index is 11.6. The van der Waals surface area contributed by atoms with E-state index in [-0.39, 0.29) is 31.1 Å². The number of carbonyl (C=O) groups excluding carboxylic acids is 1. The molecule has 1 aliphatic rings. The van der Waals surface area contributed by atoms with Crippen LogP contribution in [-0.2, 0) is 22.6 Å². The molecule has 2 heterocycles. The topological polar surface area (TPSA) is 106 Å². The van der Waals surface area contributed by atoms with Crippen molar-refractivity contribution in [2.75, 3.05) is 6.61 Å². The molecule has 0 fully saturated rings. The molecule has 0 aliphatic carbocycles. The molecule has 2 aromatic rings. The summed E-state index contributed by atoms with van der Waals surface area (Å²) in [5.41, 5.74) is 0.881. The molecule has 0 saturated heterocycles. The van der Waals surface area contributed by atoms with E-state index in [9.17, 15) is 14.9 Å². The Balaban J connectivity index is 1.38. The standard InChI is InChI=1S/C16H16IN3O6/c17-12-3-1-11(2-4-12)10-25-16(21)24-8-6-13-5-7-19-9-14(20(22)23)18-15(19)26-13/h1-4,9,13H,5-8,10H2/t13-/m1/s1. The minimum atomic E-state index is -0.739. The third kappa shape index (κ3) is 4.84. The number of hydrogen-bond acceptors (Lipinski definition) is 7. The largest absolute Gasteiger partial charge is 0.508 e. The van der Waals surface area contributed by atoms with Gasteiger partial charge in [-0.05, 0) is 45.2 Å². The number of aryl methyl sites for hydroxylation is 1. The van der Waals surface area contributed by atoms with Gasteiger partial charge in [0.25, 0.3) is 0 Å². The zero-order valence-corrected chi connectivity index (χ0v) is 15.8. The van der Waals surface area contributed by atoms with Crippen LogP contribution in [0.15, 0.2) is 30.5 Å². The van der Waals surface area contributed by atoms with Crippen molar-refractivity contribution >= 4 is 34.6 Å². The van der Waals surface area contributed by atoms with Gasteiger partial charge in [0, 0.05) is 27.9 Å². The first-order valence-electron chi connectivity index (χ1n) is 7.93. The van der Waals surface area contributed by atoms with Gasteiger partial charge in [-0.25, -0.2) is 4.79 Å². The Morgan fingerprint density at radius 3 is 2.88 bits per heavy atom. The fourth-order valence-electron chi connectivity index (χ4n) is 2.46. The fourth-order valence-corrected chi connectivity index (χ4v) is 2.82. The summed E-state index contributed by atoms with van der Waals surface area (Å²) in [5, 5.41) is 10.7. The number of rotatable bonds is 6. The number of hydrogen-bond donors (Lipinski definition) is 0. The quantitative estimate of drug-likeness (QED) is 0.274. The number of imidazole rings is 1. The predicted octanol–water partition coefficient (Wildman–Crippen LogP) is 3.29. The van der Waals surface area contributed by atoms with Crippen LogP contribution in [0.5, 0.6) is 6.01 Å². The summed E-state index contributed by atoms with van der Waals surface area (Å²) in [5.74, 6) is -0.240. The smallest absolute Gasteiger partial charge is 0.442 e. The molecule has 3 rings (SSSR count). The van der Waals surface area contributed by atoms with Crippen LogP contribution >= 0.6 is 22.6 Å². The van der Waals surface area contributed by atoms with Gasteiger partial charge in [0.2, 0.25) is 0 Å². The Morgan fingerprint density at radius 1 is 1.38 bits per heavy atom. The second-order valence-electron chi connectivity index (χ2n) is 5.66. The summed E-state index contributed by atoms with van der Waals surface area (Å²) in [6.07, 6.45) is 1.51. The molecule has 0 bridgehead atoms. The average Bonchev–Trinajstić information content (AvgIpc) is 3.05. The van der Waals surface area contributed by atoms with Crippen molar-refractivity contribution in [2.24, 2.45) is 0 Å². The first-order chi connectivity index (χ1) is 12.5. The van der Waals surface area contributed by atoms with Crippen LogP contribution in [0.1, 0.15) is 18.4 Å². The minimum Gasteiger partial charge on any atom is -0.442 e. The molecule has 0 N–H and O–H groups in total. The molecule has 1 atom stereocenters. The third-order valence-corrected chi connectivity index (χ3v) is 4.53. The normalized spacial score (nSPS) is 15.7. The molecular weight excluding hydrogens is 457 g/mol. The van der Waals surface area contributed by atoms with Gasteiger partial charge in [0.15, 0.2) is 0 Å². The van der Waals surface area contributed by atoms with Crippen molar-refractivity contribution < 1.29 is 23.9 Å². The Labute approximate surface area is 162 Å². The summed E-state index contributed by atoms with van der Waals surface area (Å²) in [6.45, 7) is 0.855. The highest BCUT2D eigenvalue weighted by atomic mass is 127. The SMILES string of the molecule is O=C(OCC[C@H]1CCn2cc([N+](=O)[O-])nc2O1)OCc1ccc(I)cc1. The van der Waals surface area contributed by atoms with Gasteiger partial charge in [0.1, 0.15) is 18.9 Å². The van der Waals surface area contributed by atoms with E-state index in [0.717, 1.165) is 9.13 Å². The Hall–Kier alpha value is -2.37. The number of benzene rings is 1. The van der Waals surface area contributed by atoms with Crippen LogP contribution in [0.2, 0.25) is 0 Å². The lowest BCUT2D eigenvalue weighted by Gasteiger charge is -2.21. The van der Waals surface area contributed by atoms with E-state index >= 15 is 0 Å². The second kappa shape index (κ2) is 8.34. The molecule has 0 unspecified atom stereocenters. The van der Waals surface area contributed by atoms with Gasteiger partial charge in [-0.2, -0.15) is 0 Å². The highest BCUT2D eigenvalue weighted by Gasteiger charge is 2.28. The Kier molecular flexibility index (Phi) is 5.91. The van der Waals surface area contributed by atoms with Crippen LogP contribution < -0.4 is 4.74 Å². The van der Waals surface area contributed by atoms with Gasteiger partial charge in [-0.3, -0.25) is 4.57 Å². The van der Waals surface area contributed by atoms with Crippen LogP contribution in [0.4, 0.5) is 10.6 Å². The first-order valence-corrected chi connectivity index (χ1v) is 9.01. The van der Waals surface area contributed by atoms with Crippen LogP contribution in [-0.4, -0.2) is 33.3 Å². The van der Waals surface area contributed by atoms with Gasteiger partial charge >= 0.3 is 18.0 Å². The summed E-state index contributed by atoms with van der Waals surface area (Å²) in [4.78, 5) is 25.6. The molecule has 0 radical (unpaired) electrons. The van der Waals surface area contributed by atoms with E-state index < -0.39 is 11.1 Å². The molecule has 0 amide bonds. The number of halogens is 1. The first kappa shape index (κ1) is 18.4. The molecule has 0 saturated carbocycles. The maximum Gasteiger partial charge on any atom is 0.508 e. The van der Waals surface area contributed by atoms with E-state index in [1.54, 1.807) is 4.57 Å². The minimum absolute atomic E-state index is 0.138. The molecule has 1 aliphatic heterocycles. The molecule has 1 aromatic carbocycles. The lowest BCUT2D eigenvalue weighted by atomic mass is 10.2. The summed E-state index contributed by atoms with van der Waals surface area (Å²) in [6, 6.07) is 7.84. The van der Waals surface area contributed by atoms with Crippen LogP contribution in [0, 0.1) is 13.7 Å². The molecule has 138 valence electrons. The Bertz CT molecular complexity index is 792. The molecule has 1 aromatic heterocycles. The van der Waals surface area contributed by atoms with Crippen molar-refractivity contribution in [3.63, 3.8) is 0 Å². The zero-order valence-electron chi connectivity index (χ0n) is 13.7. The van der Waals surface area contributed by atoms with E-state index in [0.29, 0.717) is 19.4 Å². The summed E-state index contributed by atoms with van der Waals surface area (Å²) < 4.78 is 18.4. The average molecular weight is 473 g/mol. The van der Waals surface area contributed by atoms with E-state index in [2.05, 4.69) is 27.6 Å². The van der Waals surface area contributed by atoms with Crippen LogP contribution in [0.25, 0.3) is 0 Å². The number of fused-ring (bicyclic) bond motifs is 1. The highest BCUT2D eigenvalue weighted by molar-refractivity contribution is 14.1. The summed E-state index contributed by atoms with van der Waals surface area (Å²) in [7, 11) is 0. The van der Waals surface area contributed by atoms with E-state index in [1.165, 1.54) is 6.20 Å². The van der Waals surface area contributed by atoms with Crippen molar-refractivity contribution in [1.82, 2.24) is 9.55 Å². The maximum atomic E-state index is 11.6. The number of aromatic nitrogens is 2. The van der Waals surface area contributed by atoms with E-state index in [1.807, 2.05) is 24.3 Å². The number of carbonyl (C=O) groups is 1. The fraction of sp³-hybridized carbons (Fsp3) is 0.375. The van der Waals surface area contributed by atoms with Crippen molar-refractivity contribution in [3.8, 4) is 6.01 Å².